The molecular weight excluding hydrogens is 214 g/mol. The first-order valence-electron chi connectivity index (χ1n) is 4.24. The van der Waals surface area contributed by atoms with Crippen molar-refractivity contribution in [2.45, 2.75) is 0 Å². The second-order valence-corrected chi connectivity index (χ2v) is 3.15. The summed E-state index contributed by atoms with van der Waals surface area (Å²) in [5.41, 5.74) is 1.05. The molecule has 1 rings (SSSR count). The molecule has 78 valence electrons. The van der Waals surface area contributed by atoms with E-state index in [0.717, 1.165) is 5.69 Å². The second kappa shape index (κ2) is 5.28. The molecule has 0 radical (unpaired) electrons. The van der Waals surface area contributed by atoms with E-state index in [-0.39, 0.29) is 0 Å². The van der Waals surface area contributed by atoms with Crippen LogP contribution in [0.15, 0.2) is 18.2 Å². The van der Waals surface area contributed by atoms with Gasteiger partial charge in [0.05, 0.1) is 24.2 Å². The third-order valence-corrected chi connectivity index (χ3v) is 2.10. The Morgan fingerprint density at radius 2 is 2.40 bits per heavy atom. The molecule has 0 fully saturated rings. The highest BCUT2D eigenvalue weighted by molar-refractivity contribution is 6.33. The van der Waals surface area contributed by atoms with E-state index in [0.29, 0.717) is 17.1 Å². The lowest BCUT2D eigenvalue weighted by atomic mass is 10.2. The number of ether oxygens (including phenoxy) is 1. The molecule has 0 aliphatic carbocycles. The number of nitrogens with one attached hydrogen (secondary N) is 1. The Morgan fingerprint density at radius 1 is 1.67 bits per heavy atom. The Bertz CT molecular complexity index is 410. The van der Waals surface area contributed by atoms with Gasteiger partial charge < -0.3 is 10.1 Å². The molecular formula is C11H10ClNO2. The number of rotatable bonds is 3. The number of esters is 1. The van der Waals surface area contributed by atoms with Crippen LogP contribution >= 0.6 is 11.6 Å². The zero-order valence-corrected chi connectivity index (χ0v) is 8.97. The molecule has 3 nitrogen and oxygen atoms in total. The van der Waals surface area contributed by atoms with Gasteiger partial charge in [-0.05, 0) is 18.2 Å². The van der Waals surface area contributed by atoms with Crippen molar-refractivity contribution >= 4 is 23.3 Å². The average Bonchev–Trinajstić information content (AvgIpc) is 2.27. The van der Waals surface area contributed by atoms with Gasteiger partial charge in [0.1, 0.15) is 0 Å². The second-order valence-electron chi connectivity index (χ2n) is 2.74. The van der Waals surface area contributed by atoms with Crippen LogP contribution in [0, 0.1) is 12.3 Å². The molecule has 0 amide bonds. The number of carbonyl (C=O) groups excluding carboxylic acids is 1. The summed E-state index contributed by atoms with van der Waals surface area (Å²) in [5, 5.41) is 3.29. The first-order chi connectivity index (χ1) is 7.19. The molecule has 4 heteroatoms. The fraction of sp³-hybridized carbons (Fsp3) is 0.182. The molecule has 1 aromatic rings. The fourth-order valence-corrected chi connectivity index (χ4v) is 1.25. The van der Waals surface area contributed by atoms with Gasteiger partial charge in [-0.25, -0.2) is 4.79 Å². The van der Waals surface area contributed by atoms with E-state index >= 15 is 0 Å². The van der Waals surface area contributed by atoms with Gasteiger partial charge >= 0.3 is 5.97 Å². The normalized spacial score (nSPS) is 9.13. The molecule has 0 bridgehead atoms. The number of hydrogen-bond donors (Lipinski definition) is 1. The lowest BCUT2D eigenvalue weighted by Crippen LogP contribution is -2.04. The van der Waals surface area contributed by atoms with Gasteiger partial charge in [0.2, 0.25) is 0 Å². The summed E-state index contributed by atoms with van der Waals surface area (Å²) in [6, 6.07) is 4.96. The molecule has 0 aliphatic rings. The summed E-state index contributed by atoms with van der Waals surface area (Å²) >= 11 is 5.83. The van der Waals surface area contributed by atoms with E-state index < -0.39 is 5.97 Å². The third kappa shape index (κ3) is 2.90. The molecule has 1 N–H and O–H groups in total. The summed E-state index contributed by atoms with van der Waals surface area (Å²) in [6.45, 7) is 0.391. The maximum Gasteiger partial charge on any atom is 0.339 e. The molecule has 0 unspecified atom stereocenters. The summed E-state index contributed by atoms with van der Waals surface area (Å²) in [5.74, 6) is 1.97. The van der Waals surface area contributed by atoms with Crippen molar-refractivity contribution in [2.24, 2.45) is 0 Å². The van der Waals surface area contributed by atoms with E-state index in [9.17, 15) is 4.79 Å². The van der Waals surface area contributed by atoms with Crippen LogP contribution in [0.5, 0.6) is 0 Å². The van der Waals surface area contributed by atoms with Crippen LogP contribution in [-0.2, 0) is 4.74 Å². The zero-order chi connectivity index (χ0) is 11.3. The van der Waals surface area contributed by atoms with Gasteiger partial charge in [-0.2, -0.15) is 0 Å². The summed E-state index contributed by atoms with van der Waals surface area (Å²) in [4.78, 5) is 11.3. The summed E-state index contributed by atoms with van der Waals surface area (Å²) in [6.07, 6.45) is 5.10. The van der Waals surface area contributed by atoms with E-state index in [2.05, 4.69) is 16.0 Å². The fourth-order valence-electron chi connectivity index (χ4n) is 1.05. The van der Waals surface area contributed by atoms with E-state index in [1.54, 1.807) is 18.2 Å². The Balaban J connectivity index is 2.96. The zero-order valence-electron chi connectivity index (χ0n) is 8.21. The number of methoxy groups -OCH3 is 1. The first-order valence-corrected chi connectivity index (χ1v) is 4.62. The molecule has 0 aliphatic heterocycles. The van der Waals surface area contributed by atoms with Crippen LogP contribution in [0.4, 0.5) is 5.69 Å². The number of carbonyl (C=O) groups is 1. The maximum absolute atomic E-state index is 11.3. The van der Waals surface area contributed by atoms with Crippen LogP contribution in [0.25, 0.3) is 0 Å². The lowest BCUT2D eigenvalue weighted by molar-refractivity contribution is 0.0601. The van der Waals surface area contributed by atoms with Crippen LogP contribution < -0.4 is 5.32 Å². The van der Waals surface area contributed by atoms with Crippen molar-refractivity contribution in [2.75, 3.05) is 19.0 Å². The van der Waals surface area contributed by atoms with Crippen molar-refractivity contribution in [3.05, 3.63) is 28.8 Å². The molecule has 1 aromatic carbocycles. The van der Waals surface area contributed by atoms with E-state index in [1.807, 2.05) is 0 Å². The van der Waals surface area contributed by atoms with Crippen LogP contribution in [0.3, 0.4) is 0 Å². The van der Waals surface area contributed by atoms with E-state index in [4.69, 9.17) is 18.0 Å². The summed E-state index contributed by atoms with van der Waals surface area (Å²) in [7, 11) is 1.31. The van der Waals surface area contributed by atoms with Gasteiger partial charge in [0, 0.05) is 5.69 Å². The smallest absolute Gasteiger partial charge is 0.339 e. The van der Waals surface area contributed by atoms with Crippen molar-refractivity contribution in [3.63, 3.8) is 0 Å². The molecule has 15 heavy (non-hydrogen) atoms. The minimum Gasteiger partial charge on any atom is -0.465 e. The van der Waals surface area contributed by atoms with Gasteiger partial charge in [-0.15, -0.1) is 6.42 Å². The minimum atomic E-state index is -0.468. The average molecular weight is 224 g/mol. The number of halogens is 1. The molecule has 0 heterocycles. The van der Waals surface area contributed by atoms with Gasteiger partial charge in [0.25, 0.3) is 0 Å². The molecule has 0 saturated carbocycles. The highest BCUT2D eigenvalue weighted by atomic mass is 35.5. The van der Waals surface area contributed by atoms with E-state index in [1.165, 1.54) is 7.11 Å². The quantitative estimate of drug-likeness (QED) is 0.631. The maximum atomic E-state index is 11.3. The predicted octanol–water partition coefficient (Wildman–Crippen LogP) is 2.17. The lowest BCUT2D eigenvalue weighted by Gasteiger charge is -2.06. The Labute approximate surface area is 93.4 Å². The number of terminal acetylenes is 1. The van der Waals surface area contributed by atoms with Gasteiger partial charge in [-0.3, -0.25) is 0 Å². The van der Waals surface area contributed by atoms with Crippen molar-refractivity contribution < 1.29 is 9.53 Å². The third-order valence-electron chi connectivity index (χ3n) is 1.77. The number of hydrogen-bond acceptors (Lipinski definition) is 3. The van der Waals surface area contributed by atoms with Crippen LogP contribution in [0.2, 0.25) is 5.02 Å². The first kappa shape index (κ1) is 11.4. The van der Waals surface area contributed by atoms with Crippen molar-refractivity contribution in [1.29, 1.82) is 0 Å². The van der Waals surface area contributed by atoms with Crippen LogP contribution in [-0.4, -0.2) is 19.6 Å². The largest absolute Gasteiger partial charge is 0.465 e. The van der Waals surface area contributed by atoms with Crippen LogP contribution in [0.1, 0.15) is 10.4 Å². The molecule has 0 atom stereocenters. The standard InChI is InChI=1S/C11H10ClNO2/c1-3-6-13-8-4-5-10(12)9(7-8)11(14)15-2/h1,4-5,7,13H,6H2,2H3. The van der Waals surface area contributed by atoms with Crippen molar-refractivity contribution in [3.8, 4) is 12.3 Å². The predicted molar refractivity (Wildman–Crippen MR) is 60.1 cm³/mol. The Morgan fingerprint density at radius 3 is 3.00 bits per heavy atom. The minimum absolute atomic E-state index is 0.321. The highest BCUT2D eigenvalue weighted by Gasteiger charge is 2.10. The Kier molecular flexibility index (Phi) is 4.02. The Hall–Kier alpha value is -1.66. The molecule has 0 aromatic heterocycles. The molecule has 0 spiro atoms. The van der Waals surface area contributed by atoms with Gasteiger partial charge in [-0.1, -0.05) is 17.5 Å². The highest BCUT2D eigenvalue weighted by Crippen LogP contribution is 2.21. The monoisotopic (exact) mass is 223 g/mol. The SMILES string of the molecule is C#CCNc1ccc(Cl)c(C(=O)OC)c1. The summed E-state index contributed by atoms with van der Waals surface area (Å²) < 4.78 is 4.59. The van der Waals surface area contributed by atoms with Gasteiger partial charge in [0.15, 0.2) is 0 Å². The molecule has 0 saturated heterocycles. The number of benzene rings is 1. The topological polar surface area (TPSA) is 38.3 Å². The van der Waals surface area contributed by atoms with Crippen molar-refractivity contribution in [1.82, 2.24) is 0 Å². The number of anilines is 1.